The molecule has 1 aromatic heterocycles. The van der Waals surface area contributed by atoms with Crippen LogP contribution >= 0.6 is 0 Å². The SMILES string of the molecule is CC(=O)Oc1ccc(-c2ccc(OCc3cc4cc(F)c(F)cc4n3C(=O)OC(C)(C)C)cc2)cc1. The number of carbonyl (C=O) groups is 2. The van der Waals surface area contributed by atoms with Gasteiger partial charge in [0.15, 0.2) is 11.6 Å². The van der Waals surface area contributed by atoms with Crippen LogP contribution in [0.3, 0.4) is 0 Å². The van der Waals surface area contributed by atoms with Crippen molar-refractivity contribution in [3.8, 4) is 22.6 Å². The van der Waals surface area contributed by atoms with Gasteiger partial charge in [-0.25, -0.2) is 18.1 Å². The first-order valence-corrected chi connectivity index (χ1v) is 11.2. The summed E-state index contributed by atoms with van der Waals surface area (Å²) in [6, 6.07) is 18.0. The summed E-state index contributed by atoms with van der Waals surface area (Å²) in [5, 5.41) is 0.353. The Balaban J connectivity index is 1.55. The molecule has 36 heavy (non-hydrogen) atoms. The summed E-state index contributed by atoms with van der Waals surface area (Å²) in [5.41, 5.74) is 1.64. The van der Waals surface area contributed by atoms with Gasteiger partial charge in [0.1, 0.15) is 23.7 Å². The summed E-state index contributed by atoms with van der Waals surface area (Å²) in [6.45, 7) is 6.47. The molecule has 0 aliphatic rings. The largest absolute Gasteiger partial charge is 0.487 e. The molecule has 0 N–H and O–H groups in total. The molecule has 4 rings (SSSR count). The third-order valence-electron chi connectivity index (χ3n) is 5.19. The second-order valence-electron chi connectivity index (χ2n) is 9.21. The Morgan fingerprint density at radius 1 is 0.833 bits per heavy atom. The molecular weight excluding hydrogens is 468 g/mol. The van der Waals surface area contributed by atoms with Crippen LogP contribution in [0.4, 0.5) is 13.6 Å². The number of hydrogen-bond donors (Lipinski definition) is 0. The lowest BCUT2D eigenvalue weighted by molar-refractivity contribution is -0.131. The Labute approximate surface area is 207 Å². The Morgan fingerprint density at radius 3 is 1.94 bits per heavy atom. The molecule has 3 aromatic carbocycles. The van der Waals surface area contributed by atoms with Gasteiger partial charge in [0, 0.05) is 18.4 Å². The topological polar surface area (TPSA) is 66.8 Å². The molecule has 0 unspecified atom stereocenters. The second kappa shape index (κ2) is 9.81. The first-order valence-electron chi connectivity index (χ1n) is 11.2. The van der Waals surface area contributed by atoms with Crippen molar-refractivity contribution < 1.29 is 32.6 Å². The van der Waals surface area contributed by atoms with Gasteiger partial charge in [-0.1, -0.05) is 24.3 Å². The van der Waals surface area contributed by atoms with Crippen LogP contribution in [-0.2, 0) is 16.1 Å². The first-order chi connectivity index (χ1) is 17.0. The molecule has 0 fully saturated rings. The standard InChI is InChI=1S/C28H25F2NO5/c1-17(32)35-23-11-7-19(8-12-23)18-5-9-22(10-6-18)34-16-21-13-20-14-24(29)25(30)15-26(20)31(21)27(33)36-28(2,3)4/h5-15H,16H2,1-4H3. The number of benzene rings is 3. The Morgan fingerprint density at radius 2 is 1.39 bits per heavy atom. The van der Waals surface area contributed by atoms with E-state index < -0.39 is 23.3 Å². The molecule has 0 bridgehead atoms. The number of fused-ring (bicyclic) bond motifs is 1. The zero-order valence-corrected chi connectivity index (χ0v) is 20.3. The fourth-order valence-electron chi connectivity index (χ4n) is 3.67. The van der Waals surface area contributed by atoms with Crippen LogP contribution in [-0.4, -0.2) is 22.2 Å². The number of ether oxygens (including phenoxy) is 3. The zero-order valence-electron chi connectivity index (χ0n) is 20.3. The van der Waals surface area contributed by atoms with E-state index in [1.807, 2.05) is 24.3 Å². The summed E-state index contributed by atoms with van der Waals surface area (Å²) < 4.78 is 45.4. The van der Waals surface area contributed by atoms with E-state index in [2.05, 4.69) is 0 Å². The molecular formula is C28H25F2NO5. The molecule has 6 nitrogen and oxygen atoms in total. The van der Waals surface area contributed by atoms with Crippen molar-refractivity contribution >= 4 is 23.0 Å². The molecule has 0 aliphatic heterocycles. The van der Waals surface area contributed by atoms with Crippen LogP contribution in [0, 0.1) is 11.6 Å². The van der Waals surface area contributed by atoms with E-state index in [0.29, 0.717) is 22.6 Å². The minimum atomic E-state index is -1.06. The lowest BCUT2D eigenvalue weighted by Gasteiger charge is -2.21. The van der Waals surface area contributed by atoms with E-state index in [1.165, 1.54) is 11.5 Å². The Hall–Kier alpha value is -4.20. The van der Waals surface area contributed by atoms with Gasteiger partial charge in [0.25, 0.3) is 0 Å². The van der Waals surface area contributed by atoms with Crippen molar-refractivity contribution in [1.82, 2.24) is 4.57 Å². The normalized spacial score (nSPS) is 11.4. The minimum Gasteiger partial charge on any atom is -0.487 e. The highest BCUT2D eigenvalue weighted by Crippen LogP contribution is 2.28. The van der Waals surface area contributed by atoms with E-state index in [-0.39, 0.29) is 18.1 Å². The summed E-state index contributed by atoms with van der Waals surface area (Å²) in [5.74, 6) is -1.45. The quantitative estimate of drug-likeness (QED) is 0.224. The number of nitrogens with zero attached hydrogens (tertiary/aromatic N) is 1. The van der Waals surface area contributed by atoms with Gasteiger partial charge >= 0.3 is 12.1 Å². The maximum Gasteiger partial charge on any atom is 0.419 e. The van der Waals surface area contributed by atoms with Crippen LogP contribution in [0.15, 0.2) is 66.7 Å². The molecule has 0 saturated carbocycles. The average molecular weight is 494 g/mol. The smallest absolute Gasteiger partial charge is 0.419 e. The second-order valence-corrected chi connectivity index (χ2v) is 9.21. The Kier molecular flexibility index (Phi) is 6.79. The highest BCUT2D eigenvalue weighted by molar-refractivity contribution is 5.91. The van der Waals surface area contributed by atoms with E-state index in [4.69, 9.17) is 14.2 Å². The molecule has 0 aliphatic carbocycles. The van der Waals surface area contributed by atoms with E-state index >= 15 is 0 Å². The molecule has 186 valence electrons. The zero-order chi connectivity index (χ0) is 26.0. The van der Waals surface area contributed by atoms with Gasteiger partial charge in [0.05, 0.1) is 11.2 Å². The number of rotatable bonds is 5. The van der Waals surface area contributed by atoms with Crippen molar-refractivity contribution in [3.63, 3.8) is 0 Å². The van der Waals surface area contributed by atoms with Crippen LogP contribution in [0.25, 0.3) is 22.0 Å². The molecule has 0 saturated heterocycles. The van der Waals surface area contributed by atoms with Crippen molar-refractivity contribution in [3.05, 3.63) is 84.1 Å². The predicted molar refractivity (Wildman–Crippen MR) is 131 cm³/mol. The number of aromatic nitrogens is 1. The minimum absolute atomic E-state index is 0.0341. The van der Waals surface area contributed by atoms with E-state index in [9.17, 15) is 18.4 Å². The molecule has 8 heteroatoms. The Bertz CT molecular complexity index is 1420. The van der Waals surface area contributed by atoms with Gasteiger partial charge in [-0.2, -0.15) is 0 Å². The molecule has 0 radical (unpaired) electrons. The van der Waals surface area contributed by atoms with Crippen LogP contribution in [0.1, 0.15) is 33.4 Å². The molecule has 0 atom stereocenters. The summed E-state index contributed by atoms with van der Waals surface area (Å²) in [6.07, 6.45) is -0.713. The van der Waals surface area contributed by atoms with Gasteiger partial charge in [-0.05, 0) is 68.3 Å². The van der Waals surface area contributed by atoms with E-state index in [1.54, 1.807) is 51.1 Å². The summed E-state index contributed by atoms with van der Waals surface area (Å²) >= 11 is 0. The number of halogens is 2. The highest BCUT2D eigenvalue weighted by atomic mass is 19.2. The number of esters is 1. The van der Waals surface area contributed by atoms with Gasteiger partial charge < -0.3 is 14.2 Å². The van der Waals surface area contributed by atoms with Crippen molar-refractivity contribution in [1.29, 1.82) is 0 Å². The summed E-state index contributed by atoms with van der Waals surface area (Å²) in [7, 11) is 0. The lowest BCUT2D eigenvalue weighted by atomic mass is 10.1. The monoisotopic (exact) mass is 493 g/mol. The average Bonchev–Trinajstić information content (AvgIpc) is 3.14. The highest BCUT2D eigenvalue weighted by Gasteiger charge is 2.23. The maximum atomic E-state index is 14.0. The van der Waals surface area contributed by atoms with Gasteiger partial charge in [-0.3, -0.25) is 4.79 Å². The summed E-state index contributed by atoms with van der Waals surface area (Å²) in [4.78, 5) is 24.0. The third kappa shape index (κ3) is 5.71. The molecule has 4 aromatic rings. The lowest BCUT2D eigenvalue weighted by Crippen LogP contribution is -2.28. The van der Waals surface area contributed by atoms with Crippen LogP contribution < -0.4 is 9.47 Å². The number of hydrogen-bond acceptors (Lipinski definition) is 5. The molecule has 1 heterocycles. The third-order valence-corrected chi connectivity index (χ3v) is 5.19. The maximum absolute atomic E-state index is 14.0. The molecule has 0 spiro atoms. The van der Waals surface area contributed by atoms with Crippen LogP contribution in [0.5, 0.6) is 11.5 Å². The number of carbonyl (C=O) groups excluding carboxylic acids is 2. The predicted octanol–water partition coefficient (Wildman–Crippen LogP) is 6.87. The first kappa shape index (κ1) is 24.9. The fourth-order valence-corrected chi connectivity index (χ4v) is 3.67. The van der Waals surface area contributed by atoms with Crippen molar-refractivity contribution in [2.75, 3.05) is 0 Å². The van der Waals surface area contributed by atoms with Crippen LogP contribution in [0.2, 0.25) is 0 Å². The van der Waals surface area contributed by atoms with Crippen molar-refractivity contribution in [2.24, 2.45) is 0 Å². The fraction of sp³-hybridized carbons (Fsp3) is 0.214. The van der Waals surface area contributed by atoms with Gasteiger partial charge in [0.2, 0.25) is 0 Å². The van der Waals surface area contributed by atoms with Gasteiger partial charge in [-0.15, -0.1) is 0 Å². The molecule has 0 amide bonds. The van der Waals surface area contributed by atoms with E-state index in [0.717, 1.165) is 23.3 Å². The van der Waals surface area contributed by atoms with Crippen molar-refractivity contribution in [2.45, 2.75) is 39.9 Å².